The van der Waals surface area contributed by atoms with E-state index in [0.29, 0.717) is 6.04 Å². The Labute approximate surface area is 121 Å². The molecule has 0 aliphatic heterocycles. The minimum atomic E-state index is 0.289. The van der Waals surface area contributed by atoms with E-state index in [2.05, 4.69) is 45.3 Å². The van der Waals surface area contributed by atoms with Gasteiger partial charge in [-0.15, -0.1) is 11.3 Å². The summed E-state index contributed by atoms with van der Waals surface area (Å²) in [6.45, 7) is 6.94. The van der Waals surface area contributed by atoms with Gasteiger partial charge >= 0.3 is 0 Å². The van der Waals surface area contributed by atoms with Crippen molar-refractivity contribution in [2.75, 3.05) is 7.05 Å². The van der Waals surface area contributed by atoms with Crippen LogP contribution >= 0.6 is 11.3 Å². The number of hydrogen-bond donors (Lipinski definition) is 1. The van der Waals surface area contributed by atoms with Gasteiger partial charge in [-0.25, -0.2) is 0 Å². The van der Waals surface area contributed by atoms with Crippen molar-refractivity contribution in [1.82, 2.24) is 5.32 Å². The third-order valence-corrected chi connectivity index (χ3v) is 6.69. The van der Waals surface area contributed by atoms with E-state index in [0.717, 1.165) is 17.8 Å². The van der Waals surface area contributed by atoms with Crippen molar-refractivity contribution in [3.63, 3.8) is 0 Å². The molecule has 0 amide bonds. The van der Waals surface area contributed by atoms with E-state index in [-0.39, 0.29) is 5.41 Å². The minimum Gasteiger partial charge on any atom is -0.312 e. The lowest BCUT2D eigenvalue weighted by Crippen LogP contribution is -2.18. The van der Waals surface area contributed by atoms with Crippen LogP contribution in [0.15, 0.2) is 12.1 Å². The third kappa shape index (κ3) is 2.50. The summed E-state index contributed by atoms with van der Waals surface area (Å²) in [5.74, 6) is 2.96. The molecule has 2 heteroatoms. The van der Waals surface area contributed by atoms with Crippen LogP contribution in [0.4, 0.5) is 0 Å². The van der Waals surface area contributed by atoms with E-state index in [1.807, 2.05) is 11.3 Å². The first-order valence-corrected chi connectivity index (χ1v) is 8.61. The Morgan fingerprint density at radius 1 is 1.16 bits per heavy atom. The van der Waals surface area contributed by atoms with Crippen LogP contribution in [0.1, 0.15) is 62.3 Å². The standard InChI is InChI=1S/C17H27NS/c1-17(2,3)14-10-9-13(19-14)16(18-4)15-11-7-5-6-8-12(11)15/h9-12,15-16,18H,5-8H2,1-4H3. The predicted octanol–water partition coefficient (Wildman–Crippen LogP) is 4.74. The monoisotopic (exact) mass is 277 g/mol. The molecule has 0 bridgehead atoms. The van der Waals surface area contributed by atoms with Crippen molar-refractivity contribution in [2.45, 2.75) is 57.9 Å². The van der Waals surface area contributed by atoms with Crippen LogP contribution in [0.5, 0.6) is 0 Å². The molecule has 2 fully saturated rings. The SMILES string of the molecule is CNC(c1ccc(C(C)(C)C)s1)C1C2CCCCC21. The smallest absolute Gasteiger partial charge is 0.0446 e. The van der Waals surface area contributed by atoms with Gasteiger partial charge < -0.3 is 5.32 Å². The van der Waals surface area contributed by atoms with Gasteiger partial charge in [0.1, 0.15) is 0 Å². The van der Waals surface area contributed by atoms with Crippen LogP contribution in [-0.2, 0) is 5.41 Å². The first-order chi connectivity index (χ1) is 9.02. The van der Waals surface area contributed by atoms with Crippen LogP contribution in [0, 0.1) is 17.8 Å². The molecule has 0 aromatic carbocycles. The summed E-state index contributed by atoms with van der Waals surface area (Å²) in [6, 6.07) is 5.32. The van der Waals surface area contributed by atoms with Gasteiger partial charge in [-0.2, -0.15) is 0 Å². The van der Waals surface area contributed by atoms with Crippen LogP contribution in [0.2, 0.25) is 0 Å². The summed E-state index contributed by atoms with van der Waals surface area (Å²) in [5, 5.41) is 3.61. The summed E-state index contributed by atoms with van der Waals surface area (Å²) >= 11 is 2.02. The summed E-state index contributed by atoms with van der Waals surface area (Å²) in [4.78, 5) is 3.08. The zero-order valence-electron chi connectivity index (χ0n) is 12.7. The maximum Gasteiger partial charge on any atom is 0.0446 e. The second-order valence-electron chi connectivity index (χ2n) is 7.41. The van der Waals surface area contributed by atoms with Gasteiger partial charge in [-0.05, 0) is 55.2 Å². The lowest BCUT2D eigenvalue weighted by molar-refractivity contribution is 0.480. The highest BCUT2D eigenvalue weighted by atomic mass is 32.1. The maximum absolute atomic E-state index is 3.61. The molecule has 2 aliphatic carbocycles. The summed E-state index contributed by atoms with van der Waals surface area (Å²) in [5.41, 5.74) is 0.289. The van der Waals surface area contributed by atoms with E-state index >= 15 is 0 Å². The highest BCUT2D eigenvalue weighted by Crippen LogP contribution is 2.60. The van der Waals surface area contributed by atoms with Crippen molar-refractivity contribution in [3.8, 4) is 0 Å². The summed E-state index contributed by atoms with van der Waals surface area (Å²) < 4.78 is 0. The normalized spacial score (nSPS) is 31.9. The van der Waals surface area contributed by atoms with Gasteiger partial charge in [-0.1, -0.05) is 33.6 Å². The molecule has 3 atom stereocenters. The average molecular weight is 277 g/mol. The molecule has 1 heterocycles. The molecular weight excluding hydrogens is 250 g/mol. The Morgan fingerprint density at radius 3 is 2.26 bits per heavy atom. The topological polar surface area (TPSA) is 12.0 Å². The van der Waals surface area contributed by atoms with Crippen LogP contribution in [0.3, 0.4) is 0 Å². The Morgan fingerprint density at radius 2 is 1.79 bits per heavy atom. The molecule has 1 aromatic rings. The molecule has 106 valence electrons. The van der Waals surface area contributed by atoms with Gasteiger partial charge in [0.2, 0.25) is 0 Å². The van der Waals surface area contributed by atoms with Gasteiger partial charge in [0, 0.05) is 15.8 Å². The van der Waals surface area contributed by atoms with Crippen molar-refractivity contribution in [3.05, 3.63) is 21.9 Å². The molecule has 0 radical (unpaired) electrons. The van der Waals surface area contributed by atoms with Crippen molar-refractivity contribution in [1.29, 1.82) is 0 Å². The van der Waals surface area contributed by atoms with Gasteiger partial charge in [-0.3, -0.25) is 0 Å². The number of thiophene rings is 1. The molecule has 3 rings (SSSR count). The Kier molecular flexibility index (Phi) is 3.51. The zero-order valence-corrected chi connectivity index (χ0v) is 13.5. The first-order valence-electron chi connectivity index (χ1n) is 7.80. The van der Waals surface area contributed by atoms with E-state index in [1.54, 1.807) is 4.88 Å². The fraction of sp³-hybridized carbons (Fsp3) is 0.765. The third-order valence-electron chi connectivity index (χ3n) is 5.09. The largest absolute Gasteiger partial charge is 0.312 e. The summed E-state index contributed by atoms with van der Waals surface area (Å²) in [7, 11) is 2.14. The van der Waals surface area contributed by atoms with Crippen molar-refractivity contribution in [2.24, 2.45) is 17.8 Å². The molecule has 19 heavy (non-hydrogen) atoms. The molecule has 1 nitrogen and oxygen atoms in total. The lowest BCUT2D eigenvalue weighted by atomic mass is 9.95. The molecule has 0 saturated heterocycles. The Bertz CT molecular complexity index is 430. The molecular formula is C17H27NS. The number of hydrogen-bond acceptors (Lipinski definition) is 2. The van der Waals surface area contributed by atoms with Crippen molar-refractivity contribution >= 4 is 11.3 Å². The Hall–Kier alpha value is -0.340. The Balaban J connectivity index is 1.78. The van der Waals surface area contributed by atoms with E-state index in [9.17, 15) is 0 Å². The zero-order chi connectivity index (χ0) is 13.6. The quantitative estimate of drug-likeness (QED) is 0.841. The van der Waals surface area contributed by atoms with Crippen LogP contribution < -0.4 is 5.32 Å². The lowest BCUT2D eigenvalue weighted by Gasteiger charge is -2.17. The van der Waals surface area contributed by atoms with E-state index < -0.39 is 0 Å². The van der Waals surface area contributed by atoms with E-state index in [1.165, 1.54) is 30.6 Å². The van der Waals surface area contributed by atoms with Gasteiger partial charge in [0.25, 0.3) is 0 Å². The molecule has 2 saturated carbocycles. The van der Waals surface area contributed by atoms with Gasteiger partial charge in [0.15, 0.2) is 0 Å². The minimum absolute atomic E-state index is 0.289. The molecule has 3 unspecified atom stereocenters. The highest BCUT2D eigenvalue weighted by molar-refractivity contribution is 7.12. The fourth-order valence-electron chi connectivity index (χ4n) is 3.99. The molecule has 2 aliphatic rings. The number of nitrogens with one attached hydrogen (secondary N) is 1. The predicted molar refractivity (Wildman–Crippen MR) is 83.8 cm³/mol. The maximum atomic E-state index is 3.61. The fourth-order valence-corrected chi connectivity index (χ4v) is 5.22. The summed E-state index contributed by atoms with van der Waals surface area (Å²) in [6.07, 6.45) is 5.88. The second kappa shape index (κ2) is 4.89. The first kappa shape index (κ1) is 13.6. The number of fused-ring (bicyclic) bond motifs is 1. The highest BCUT2D eigenvalue weighted by Gasteiger charge is 2.54. The second-order valence-corrected chi connectivity index (χ2v) is 8.52. The molecule has 1 N–H and O–H groups in total. The van der Waals surface area contributed by atoms with Crippen LogP contribution in [0.25, 0.3) is 0 Å². The number of rotatable bonds is 3. The van der Waals surface area contributed by atoms with Crippen molar-refractivity contribution < 1.29 is 0 Å². The molecule has 0 spiro atoms. The molecule has 1 aromatic heterocycles. The van der Waals surface area contributed by atoms with Gasteiger partial charge in [0.05, 0.1) is 0 Å². The van der Waals surface area contributed by atoms with E-state index in [4.69, 9.17) is 0 Å². The average Bonchev–Trinajstić information content (AvgIpc) is 2.84. The van der Waals surface area contributed by atoms with Crippen LogP contribution in [-0.4, -0.2) is 7.05 Å².